The second kappa shape index (κ2) is 5.05. The van der Waals surface area contributed by atoms with Crippen LogP contribution in [0.3, 0.4) is 0 Å². The second-order valence-electron chi connectivity index (χ2n) is 3.60. The maximum absolute atomic E-state index is 12.3. The predicted molar refractivity (Wildman–Crippen MR) is 62.5 cm³/mol. The van der Waals surface area contributed by atoms with Crippen molar-refractivity contribution in [3.63, 3.8) is 0 Å². The van der Waals surface area contributed by atoms with Crippen LogP contribution in [0, 0.1) is 0 Å². The minimum absolute atomic E-state index is 0.0238. The van der Waals surface area contributed by atoms with Crippen molar-refractivity contribution < 1.29 is 23.0 Å². The normalized spacial score (nSPS) is 10.7. The van der Waals surface area contributed by atoms with Gasteiger partial charge in [-0.2, -0.15) is 8.78 Å². The van der Waals surface area contributed by atoms with E-state index in [0.717, 1.165) is 13.2 Å². The van der Waals surface area contributed by atoms with E-state index in [1.54, 1.807) is 0 Å². The number of H-pyrrole nitrogens is 1. The summed E-state index contributed by atoms with van der Waals surface area (Å²) in [4.78, 5) is 25.7. The number of ether oxygens (including phenoxy) is 2. The lowest BCUT2D eigenvalue weighted by Gasteiger charge is -2.09. The van der Waals surface area contributed by atoms with Crippen LogP contribution < -0.4 is 10.2 Å². The van der Waals surface area contributed by atoms with E-state index < -0.39 is 18.0 Å². The number of aromatic amines is 1. The van der Waals surface area contributed by atoms with E-state index in [4.69, 9.17) is 0 Å². The Labute approximate surface area is 105 Å². The van der Waals surface area contributed by atoms with Crippen molar-refractivity contribution in [2.24, 2.45) is 0 Å². The lowest BCUT2D eigenvalue weighted by molar-refractivity contribution is -0.0489. The van der Waals surface area contributed by atoms with Crippen molar-refractivity contribution in [1.82, 2.24) is 4.98 Å². The smallest absolute Gasteiger partial charge is 0.387 e. The first-order valence-electron chi connectivity index (χ1n) is 5.22. The first-order valence-corrected chi connectivity index (χ1v) is 5.22. The SMILES string of the molecule is COC(=O)c1cc(=O)c2cccc(OC(F)F)c2[nH]1. The molecule has 1 aromatic carbocycles. The van der Waals surface area contributed by atoms with Gasteiger partial charge in [-0.05, 0) is 12.1 Å². The number of fused-ring (bicyclic) bond motifs is 1. The molecule has 0 aliphatic heterocycles. The molecule has 19 heavy (non-hydrogen) atoms. The highest BCUT2D eigenvalue weighted by Crippen LogP contribution is 2.23. The Morgan fingerprint density at radius 2 is 2.11 bits per heavy atom. The van der Waals surface area contributed by atoms with Gasteiger partial charge in [0.15, 0.2) is 5.43 Å². The Balaban J connectivity index is 2.69. The molecule has 2 aromatic rings. The third-order valence-electron chi connectivity index (χ3n) is 2.45. The fraction of sp³-hybridized carbons (Fsp3) is 0.167. The number of benzene rings is 1. The van der Waals surface area contributed by atoms with E-state index in [2.05, 4.69) is 14.5 Å². The largest absolute Gasteiger partial charge is 0.464 e. The number of methoxy groups -OCH3 is 1. The number of halogens is 2. The van der Waals surface area contributed by atoms with Gasteiger partial charge in [-0.1, -0.05) is 6.07 Å². The Kier molecular flexibility index (Phi) is 3.46. The number of nitrogens with one attached hydrogen (secondary N) is 1. The van der Waals surface area contributed by atoms with Crippen LogP contribution in [0.1, 0.15) is 10.5 Å². The van der Waals surface area contributed by atoms with Gasteiger partial charge in [0.2, 0.25) is 0 Å². The van der Waals surface area contributed by atoms with E-state index in [1.807, 2.05) is 0 Å². The van der Waals surface area contributed by atoms with Crippen molar-refractivity contribution in [1.29, 1.82) is 0 Å². The van der Waals surface area contributed by atoms with E-state index in [-0.39, 0.29) is 22.3 Å². The van der Waals surface area contributed by atoms with Crippen LogP contribution in [0.2, 0.25) is 0 Å². The van der Waals surface area contributed by atoms with Gasteiger partial charge in [-0.15, -0.1) is 0 Å². The molecular formula is C12H9F2NO4. The first kappa shape index (κ1) is 13.0. The Hall–Kier alpha value is -2.44. The summed E-state index contributed by atoms with van der Waals surface area (Å²) in [7, 11) is 1.15. The summed E-state index contributed by atoms with van der Waals surface area (Å²) < 4.78 is 33.3. The molecule has 0 saturated carbocycles. The van der Waals surface area contributed by atoms with Crippen LogP contribution in [-0.2, 0) is 4.74 Å². The molecule has 0 unspecified atom stereocenters. The molecule has 1 heterocycles. The first-order chi connectivity index (χ1) is 9.02. The van der Waals surface area contributed by atoms with Crippen molar-refractivity contribution in [2.45, 2.75) is 6.61 Å². The molecule has 0 aliphatic rings. The van der Waals surface area contributed by atoms with E-state index in [9.17, 15) is 18.4 Å². The number of alkyl halides is 2. The van der Waals surface area contributed by atoms with Crippen LogP contribution in [0.4, 0.5) is 8.78 Å². The zero-order chi connectivity index (χ0) is 14.0. The summed E-state index contributed by atoms with van der Waals surface area (Å²) in [6, 6.07) is 5.16. The molecule has 0 bridgehead atoms. The molecular weight excluding hydrogens is 260 g/mol. The van der Waals surface area contributed by atoms with Crippen molar-refractivity contribution in [3.05, 3.63) is 40.2 Å². The van der Waals surface area contributed by atoms with Gasteiger partial charge in [0.25, 0.3) is 0 Å². The number of esters is 1. The average molecular weight is 269 g/mol. The molecule has 7 heteroatoms. The van der Waals surface area contributed by atoms with Gasteiger partial charge < -0.3 is 14.5 Å². The Morgan fingerprint density at radius 1 is 1.37 bits per heavy atom. The average Bonchev–Trinajstić information content (AvgIpc) is 2.38. The number of aromatic nitrogens is 1. The summed E-state index contributed by atoms with van der Waals surface area (Å²) >= 11 is 0. The van der Waals surface area contributed by atoms with Gasteiger partial charge >= 0.3 is 12.6 Å². The van der Waals surface area contributed by atoms with Crippen LogP contribution in [-0.4, -0.2) is 24.7 Å². The quantitative estimate of drug-likeness (QED) is 0.864. The highest BCUT2D eigenvalue weighted by molar-refractivity contribution is 5.92. The van der Waals surface area contributed by atoms with Gasteiger partial charge in [0, 0.05) is 11.5 Å². The topological polar surface area (TPSA) is 68.4 Å². The maximum Gasteiger partial charge on any atom is 0.387 e. The molecule has 0 fully saturated rings. The number of para-hydroxylation sites is 1. The second-order valence-corrected chi connectivity index (χ2v) is 3.60. The molecule has 2 rings (SSSR count). The number of rotatable bonds is 3. The van der Waals surface area contributed by atoms with E-state index in [0.29, 0.717) is 0 Å². The van der Waals surface area contributed by atoms with E-state index in [1.165, 1.54) is 18.2 Å². The van der Waals surface area contributed by atoms with Crippen LogP contribution in [0.15, 0.2) is 29.1 Å². The summed E-state index contributed by atoms with van der Waals surface area (Å²) in [6.45, 7) is -3.03. The molecule has 1 aromatic heterocycles. The fourth-order valence-corrected chi connectivity index (χ4v) is 1.66. The van der Waals surface area contributed by atoms with Crippen LogP contribution in [0.25, 0.3) is 10.9 Å². The summed E-state index contributed by atoms with van der Waals surface area (Å²) in [5.41, 5.74) is -0.602. The minimum Gasteiger partial charge on any atom is -0.464 e. The van der Waals surface area contributed by atoms with Gasteiger partial charge in [-0.25, -0.2) is 4.79 Å². The Morgan fingerprint density at radius 3 is 2.74 bits per heavy atom. The van der Waals surface area contributed by atoms with Gasteiger partial charge in [0.1, 0.15) is 11.4 Å². The monoisotopic (exact) mass is 269 g/mol. The van der Waals surface area contributed by atoms with Gasteiger partial charge in [-0.3, -0.25) is 4.79 Å². The highest BCUT2D eigenvalue weighted by Gasteiger charge is 2.14. The lowest BCUT2D eigenvalue weighted by Crippen LogP contribution is -2.12. The number of pyridine rings is 1. The summed E-state index contributed by atoms with van der Waals surface area (Å²) in [5, 5.41) is 0.144. The number of carbonyl (C=O) groups excluding carboxylic acids is 1. The number of hydrogen-bond donors (Lipinski definition) is 1. The van der Waals surface area contributed by atoms with Crippen LogP contribution in [0.5, 0.6) is 5.75 Å². The zero-order valence-corrected chi connectivity index (χ0v) is 9.78. The molecule has 0 atom stereocenters. The zero-order valence-electron chi connectivity index (χ0n) is 9.78. The summed E-state index contributed by atoms with van der Waals surface area (Å²) in [5.74, 6) is -0.985. The molecule has 100 valence electrons. The molecule has 0 saturated heterocycles. The summed E-state index contributed by atoms with van der Waals surface area (Å²) in [6.07, 6.45) is 0. The predicted octanol–water partition coefficient (Wildman–Crippen LogP) is 1.92. The minimum atomic E-state index is -3.03. The number of hydrogen-bond acceptors (Lipinski definition) is 4. The molecule has 0 radical (unpaired) electrons. The maximum atomic E-state index is 12.3. The fourth-order valence-electron chi connectivity index (χ4n) is 1.66. The molecule has 5 nitrogen and oxygen atoms in total. The van der Waals surface area contributed by atoms with Gasteiger partial charge in [0.05, 0.1) is 12.6 Å². The van der Waals surface area contributed by atoms with Crippen LogP contribution >= 0.6 is 0 Å². The molecule has 0 amide bonds. The van der Waals surface area contributed by atoms with Crippen molar-refractivity contribution in [3.8, 4) is 5.75 Å². The molecule has 0 aliphatic carbocycles. The third-order valence-corrected chi connectivity index (χ3v) is 2.45. The molecule has 0 spiro atoms. The lowest BCUT2D eigenvalue weighted by atomic mass is 10.2. The van der Waals surface area contributed by atoms with Crippen molar-refractivity contribution in [2.75, 3.05) is 7.11 Å². The van der Waals surface area contributed by atoms with Crippen molar-refractivity contribution >= 4 is 16.9 Å². The number of carbonyl (C=O) groups is 1. The standard InChI is InChI=1S/C12H9F2NO4/c1-18-11(17)7-5-8(16)6-3-2-4-9(10(6)15-7)19-12(13)14/h2-5,12H,1H3,(H,15,16). The third kappa shape index (κ3) is 2.54. The van der Waals surface area contributed by atoms with E-state index >= 15 is 0 Å². The molecule has 1 N–H and O–H groups in total. The highest BCUT2D eigenvalue weighted by atomic mass is 19.3. The Bertz CT molecular complexity index is 681.